The van der Waals surface area contributed by atoms with Crippen LogP contribution >= 0.6 is 0 Å². The lowest BCUT2D eigenvalue weighted by atomic mass is 9.70. The summed E-state index contributed by atoms with van der Waals surface area (Å²) in [6.07, 6.45) is 5.52. The summed E-state index contributed by atoms with van der Waals surface area (Å²) in [5.74, 6) is 6.10. The maximum absolute atomic E-state index is 13.6. The third-order valence-electron chi connectivity index (χ3n) is 4.98. The molecule has 1 aliphatic heterocycles. The number of halogens is 1. The predicted molar refractivity (Wildman–Crippen MR) is 78.3 cm³/mol. The van der Waals surface area contributed by atoms with E-state index in [4.69, 9.17) is 15.3 Å². The monoisotopic (exact) mass is 294 g/mol. The van der Waals surface area contributed by atoms with E-state index < -0.39 is 0 Å². The molecule has 2 atom stereocenters. The van der Waals surface area contributed by atoms with Crippen molar-refractivity contribution in [1.82, 2.24) is 5.43 Å². The van der Waals surface area contributed by atoms with E-state index in [0.29, 0.717) is 5.92 Å². The summed E-state index contributed by atoms with van der Waals surface area (Å²) in [7, 11) is 1.48. The van der Waals surface area contributed by atoms with Gasteiger partial charge in [-0.05, 0) is 55.7 Å². The van der Waals surface area contributed by atoms with Crippen LogP contribution < -0.4 is 16.0 Å². The van der Waals surface area contributed by atoms with E-state index in [1.165, 1.54) is 19.6 Å². The van der Waals surface area contributed by atoms with Crippen molar-refractivity contribution in [1.29, 1.82) is 0 Å². The second-order valence-corrected chi connectivity index (χ2v) is 6.18. The van der Waals surface area contributed by atoms with Crippen LogP contribution in [-0.4, -0.2) is 19.3 Å². The van der Waals surface area contributed by atoms with Gasteiger partial charge in [0.15, 0.2) is 11.6 Å². The molecule has 1 aromatic carbocycles. The quantitative estimate of drug-likeness (QED) is 0.662. The molecule has 1 spiro atoms. The fourth-order valence-corrected chi connectivity index (χ4v) is 3.64. The summed E-state index contributed by atoms with van der Waals surface area (Å²) in [4.78, 5) is 0. The topological polar surface area (TPSA) is 56.5 Å². The Labute approximate surface area is 124 Å². The molecule has 1 aliphatic carbocycles. The smallest absolute Gasteiger partial charge is 0.165 e. The Morgan fingerprint density at radius 1 is 1.48 bits per heavy atom. The zero-order valence-corrected chi connectivity index (χ0v) is 12.4. The normalized spacial score (nSPS) is 25.4. The van der Waals surface area contributed by atoms with Gasteiger partial charge in [0.1, 0.15) is 0 Å². The Bertz CT molecular complexity index is 505. The van der Waals surface area contributed by atoms with Crippen LogP contribution in [0.3, 0.4) is 0 Å². The number of methoxy groups -OCH3 is 1. The number of hydrogen-bond acceptors (Lipinski definition) is 4. The summed E-state index contributed by atoms with van der Waals surface area (Å²) in [5.41, 5.74) is 3.95. The highest BCUT2D eigenvalue weighted by Crippen LogP contribution is 2.47. The highest BCUT2D eigenvalue weighted by molar-refractivity contribution is 5.32. The molecule has 0 radical (unpaired) electrons. The molecule has 3 N–H and O–H groups in total. The molecule has 116 valence electrons. The van der Waals surface area contributed by atoms with E-state index in [2.05, 4.69) is 5.43 Å². The van der Waals surface area contributed by atoms with Crippen molar-refractivity contribution in [3.05, 3.63) is 29.6 Å². The van der Waals surface area contributed by atoms with Gasteiger partial charge in [0, 0.05) is 12.6 Å². The zero-order chi connectivity index (χ0) is 14.9. The van der Waals surface area contributed by atoms with Gasteiger partial charge in [0.2, 0.25) is 0 Å². The average molecular weight is 294 g/mol. The van der Waals surface area contributed by atoms with Gasteiger partial charge in [0.25, 0.3) is 0 Å². The van der Waals surface area contributed by atoms with Crippen LogP contribution in [0.2, 0.25) is 0 Å². The molecule has 1 aromatic rings. The Kier molecular flexibility index (Phi) is 4.15. The molecule has 1 heterocycles. The molecule has 0 bridgehead atoms. The standard InChI is InChI=1S/C16H23FN2O2/c1-20-14-9-11(3-4-13(14)17)15(19-18)12-5-8-21-16(10-12)6-2-7-16/h3-4,9,12,15,19H,2,5-8,10,18H2,1H3. The van der Waals surface area contributed by atoms with Gasteiger partial charge in [-0.2, -0.15) is 0 Å². The van der Waals surface area contributed by atoms with E-state index >= 15 is 0 Å². The van der Waals surface area contributed by atoms with E-state index in [-0.39, 0.29) is 23.2 Å². The summed E-state index contributed by atoms with van der Waals surface area (Å²) >= 11 is 0. The van der Waals surface area contributed by atoms with Crippen LogP contribution in [0.1, 0.15) is 43.7 Å². The first-order chi connectivity index (χ1) is 10.2. The lowest BCUT2D eigenvalue weighted by Crippen LogP contribution is -2.48. The molecule has 2 aliphatic rings. The molecule has 3 rings (SSSR count). The van der Waals surface area contributed by atoms with Crippen molar-refractivity contribution < 1.29 is 13.9 Å². The Morgan fingerprint density at radius 3 is 2.90 bits per heavy atom. The van der Waals surface area contributed by atoms with Gasteiger partial charge in [-0.1, -0.05) is 6.07 Å². The van der Waals surface area contributed by atoms with Gasteiger partial charge in [-0.3, -0.25) is 11.3 Å². The van der Waals surface area contributed by atoms with Crippen molar-refractivity contribution in [2.24, 2.45) is 11.8 Å². The Balaban J connectivity index is 1.80. The highest BCUT2D eigenvalue weighted by Gasteiger charge is 2.44. The maximum atomic E-state index is 13.6. The summed E-state index contributed by atoms with van der Waals surface area (Å²) in [6.45, 7) is 0.779. The van der Waals surface area contributed by atoms with Gasteiger partial charge in [0.05, 0.1) is 12.7 Å². The largest absolute Gasteiger partial charge is 0.494 e. The van der Waals surface area contributed by atoms with Crippen LogP contribution in [0.15, 0.2) is 18.2 Å². The molecule has 4 nitrogen and oxygen atoms in total. The first-order valence-corrected chi connectivity index (χ1v) is 7.61. The number of nitrogens with two attached hydrogens (primary N) is 1. The van der Waals surface area contributed by atoms with Crippen LogP contribution in [-0.2, 0) is 4.74 Å². The van der Waals surface area contributed by atoms with E-state index in [1.807, 2.05) is 0 Å². The number of ether oxygens (including phenoxy) is 2. The Hall–Kier alpha value is -1.17. The molecule has 2 unspecified atom stereocenters. The first-order valence-electron chi connectivity index (χ1n) is 7.61. The fraction of sp³-hybridized carbons (Fsp3) is 0.625. The molecule has 21 heavy (non-hydrogen) atoms. The van der Waals surface area contributed by atoms with Gasteiger partial charge < -0.3 is 9.47 Å². The summed E-state index contributed by atoms with van der Waals surface area (Å²) in [6, 6.07) is 4.96. The van der Waals surface area contributed by atoms with E-state index in [9.17, 15) is 4.39 Å². The van der Waals surface area contributed by atoms with Gasteiger partial charge >= 0.3 is 0 Å². The number of hydrazine groups is 1. The van der Waals surface area contributed by atoms with Crippen LogP contribution in [0.25, 0.3) is 0 Å². The third kappa shape index (κ3) is 2.78. The minimum atomic E-state index is -0.348. The molecular weight excluding hydrogens is 271 g/mol. The van der Waals surface area contributed by atoms with Crippen molar-refractivity contribution >= 4 is 0 Å². The molecule has 1 saturated heterocycles. The third-order valence-corrected chi connectivity index (χ3v) is 4.98. The molecular formula is C16H23FN2O2. The molecule has 0 aromatic heterocycles. The molecule has 5 heteroatoms. The highest BCUT2D eigenvalue weighted by atomic mass is 19.1. The lowest BCUT2D eigenvalue weighted by Gasteiger charge is -2.48. The van der Waals surface area contributed by atoms with Crippen LogP contribution in [0.5, 0.6) is 5.75 Å². The minimum Gasteiger partial charge on any atom is -0.494 e. The second kappa shape index (κ2) is 5.91. The lowest BCUT2D eigenvalue weighted by molar-refractivity contribution is -0.147. The van der Waals surface area contributed by atoms with Crippen molar-refractivity contribution in [3.8, 4) is 5.75 Å². The second-order valence-electron chi connectivity index (χ2n) is 6.18. The van der Waals surface area contributed by atoms with Gasteiger partial charge in [-0.25, -0.2) is 4.39 Å². The number of benzene rings is 1. The van der Waals surface area contributed by atoms with Crippen molar-refractivity contribution in [3.63, 3.8) is 0 Å². The Morgan fingerprint density at radius 2 is 2.29 bits per heavy atom. The van der Waals surface area contributed by atoms with E-state index in [0.717, 1.165) is 37.9 Å². The molecule has 0 amide bonds. The maximum Gasteiger partial charge on any atom is 0.165 e. The van der Waals surface area contributed by atoms with Gasteiger partial charge in [-0.15, -0.1) is 0 Å². The first kappa shape index (κ1) is 14.8. The molecule has 2 fully saturated rings. The van der Waals surface area contributed by atoms with Crippen molar-refractivity contribution in [2.75, 3.05) is 13.7 Å². The SMILES string of the molecule is COc1cc(C(NN)C2CCOC3(CCC3)C2)ccc1F. The summed E-state index contributed by atoms with van der Waals surface area (Å²) in [5, 5.41) is 0. The fourth-order valence-electron chi connectivity index (χ4n) is 3.64. The predicted octanol–water partition coefficient (Wildman–Crippen LogP) is 2.69. The zero-order valence-electron chi connectivity index (χ0n) is 12.4. The number of nitrogens with one attached hydrogen (secondary N) is 1. The van der Waals surface area contributed by atoms with Crippen LogP contribution in [0, 0.1) is 11.7 Å². The number of hydrogen-bond donors (Lipinski definition) is 2. The summed E-state index contributed by atoms with van der Waals surface area (Å²) < 4.78 is 24.6. The van der Waals surface area contributed by atoms with Crippen LogP contribution in [0.4, 0.5) is 4.39 Å². The average Bonchev–Trinajstić information content (AvgIpc) is 2.48. The van der Waals surface area contributed by atoms with E-state index in [1.54, 1.807) is 12.1 Å². The number of rotatable bonds is 4. The van der Waals surface area contributed by atoms with Crippen molar-refractivity contribution in [2.45, 2.75) is 43.7 Å². The molecule has 1 saturated carbocycles. The minimum absolute atomic E-state index is 0.000810.